The summed E-state index contributed by atoms with van der Waals surface area (Å²) in [5, 5.41) is 5.74. The highest BCUT2D eigenvalue weighted by atomic mass is 35.5. The van der Waals surface area contributed by atoms with Crippen LogP contribution in [0.15, 0.2) is 24.3 Å². The van der Waals surface area contributed by atoms with Crippen molar-refractivity contribution < 1.29 is 9.59 Å². The van der Waals surface area contributed by atoms with Gasteiger partial charge in [0.05, 0.1) is 0 Å². The van der Waals surface area contributed by atoms with Crippen LogP contribution in [-0.2, 0) is 16.1 Å². The Bertz CT molecular complexity index is 444. The van der Waals surface area contributed by atoms with Gasteiger partial charge >= 0.3 is 11.8 Å². The summed E-state index contributed by atoms with van der Waals surface area (Å²) in [7, 11) is 0. The first-order chi connectivity index (χ1) is 8.16. The summed E-state index contributed by atoms with van der Waals surface area (Å²) in [5.41, 5.74) is 0.793. The third-order valence-electron chi connectivity index (χ3n) is 2.52. The number of carbonyl (C=O) groups excluding carboxylic acids is 2. The third kappa shape index (κ3) is 3.46. The summed E-state index contributed by atoms with van der Waals surface area (Å²) in [6, 6.07) is 7.38. The molecule has 0 heterocycles. The first kappa shape index (κ1) is 11.9. The van der Waals surface area contributed by atoms with Crippen LogP contribution in [0.1, 0.15) is 18.4 Å². The largest absolute Gasteiger partial charge is 0.345 e. The number of rotatable bonds is 3. The Morgan fingerprint density at radius 3 is 2.59 bits per heavy atom. The Hall–Kier alpha value is -1.55. The topological polar surface area (TPSA) is 58.2 Å². The molecule has 0 spiro atoms. The zero-order valence-electron chi connectivity index (χ0n) is 9.20. The lowest BCUT2D eigenvalue weighted by atomic mass is 10.2. The van der Waals surface area contributed by atoms with Gasteiger partial charge in [-0.2, -0.15) is 0 Å². The van der Waals surface area contributed by atoms with Crippen LogP contribution in [0.5, 0.6) is 0 Å². The molecular formula is C12H13ClN2O2. The minimum absolute atomic E-state index is 0.188. The lowest BCUT2D eigenvalue weighted by Gasteiger charge is -2.06. The van der Waals surface area contributed by atoms with Gasteiger partial charge in [0.25, 0.3) is 0 Å². The fourth-order valence-corrected chi connectivity index (χ4v) is 1.58. The summed E-state index contributed by atoms with van der Waals surface area (Å²) in [6.07, 6.45) is 1.92. The third-order valence-corrected chi connectivity index (χ3v) is 2.88. The zero-order chi connectivity index (χ0) is 12.3. The Morgan fingerprint density at radius 1 is 1.24 bits per heavy atom. The molecule has 1 fully saturated rings. The van der Waals surface area contributed by atoms with Crippen molar-refractivity contribution in [2.45, 2.75) is 25.4 Å². The molecule has 2 rings (SSSR count). The van der Waals surface area contributed by atoms with Gasteiger partial charge in [-0.15, -0.1) is 0 Å². The molecule has 0 radical (unpaired) electrons. The standard InChI is InChI=1S/C12H13ClN2O2/c13-10-4-2-1-3-8(10)7-14-11(16)12(17)15-9-5-6-9/h1-4,9H,5-7H2,(H,14,16)(H,15,17). The quantitative estimate of drug-likeness (QED) is 0.795. The van der Waals surface area contributed by atoms with Gasteiger partial charge in [0.2, 0.25) is 0 Å². The average molecular weight is 253 g/mol. The van der Waals surface area contributed by atoms with E-state index in [1.54, 1.807) is 12.1 Å². The van der Waals surface area contributed by atoms with Crippen LogP contribution in [0.2, 0.25) is 5.02 Å². The van der Waals surface area contributed by atoms with Gasteiger partial charge in [0.15, 0.2) is 0 Å². The highest BCUT2D eigenvalue weighted by molar-refractivity contribution is 6.35. The molecule has 0 unspecified atom stereocenters. The highest BCUT2D eigenvalue weighted by Gasteiger charge is 2.26. The van der Waals surface area contributed by atoms with Crippen molar-refractivity contribution in [3.05, 3.63) is 34.9 Å². The van der Waals surface area contributed by atoms with E-state index in [1.807, 2.05) is 12.1 Å². The maximum Gasteiger partial charge on any atom is 0.309 e. The van der Waals surface area contributed by atoms with Gasteiger partial charge in [0.1, 0.15) is 0 Å². The van der Waals surface area contributed by atoms with Crippen LogP contribution < -0.4 is 10.6 Å². The van der Waals surface area contributed by atoms with E-state index in [4.69, 9.17) is 11.6 Å². The van der Waals surface area contributed by atoms with E-state index in [9.17, 15) is 9.59 Å². The minimum atomic E-state index is -0.614. The van der Waals surface area contributed by atoms with Gasteiger partial charge in [-0.1, -0.05) is 29.8 Å². The zero-order valence-corrected chi connectivity index (χ0v) is 9.96. The number of carbonyl (C=O) groups is 2. The fourth-order valence-electron chi connectivity index (χ4n) is 1.38. The second kappa shape index (κ2) is 5.19. The number of amides is 2. The molecule has 2 N–H and O–H groups in total. The molecule has 90 valence electrons. The van der Waals surface area contributed by atoms with Crippen molar-refractivity contribution in [1.29, 1.82) is 0 Å². The lowest BCUT2D eigenvalue weighted by molar-refractivity contribution is -0.139. The summed E-state index contributed by atoms with van der Waals surface area (Å²) in [4.78, 5) is 22.8. The number of halogens is 1. The molecule has 5 heteroatoms. The summed E-state index contributed by atoms with van der Waals surface area (Å²) in [5.74, 6) is -1.18. The van der Waals surface area contributed by atoms with Crippen LogP contribution in [0.3, 0.4) is 0 Å². The lowest BCUT2D eigenvalue weighted by Crippen LogP contribution is -2.40. The number of nitrogens with one attached hydrogen (secondary N) is 2. The summed E-state index contributed by atoms with van der Waals surface area (Å²) in [6.45, 7) is 0.261. The van der Waals surface area contributed by atoms with Gasteiger partial charge in [-0.3, -0.25) is 9.59 Å². The first-order valence-corrected chi connectivity index (χ1v) is 5.86. The normalized spacial score (nSPS) is 14.2. The molecule has 0 aliphatic heterocycles. The van der Waals surface area contributed by atoms with Gasteiger partial charge in [-0.05, 0) is 24.5 Å². The second-order valence-electron chi connectivity index (χ2n) is 4.02. The van der Waals surface area contributed by atoms with Crippen LogP contribution >= 0.6 is 11.6 Å². The van der Waals surface area contributed by atoms with Crippen LogP contribution in [0, 0.1) is 0 Å². The van der Waals surface area contributed by atoms with Crippen molar-refractivity contribution in [3.8, 4) is 0 Å². The van der Waals surface area contributed by atoms with E-state index >= 15 is 0 Å². The molecule has 1 aromatic carbocycles. The van der Waals surface area contributed by atoms with E-state index < -0.39 is 11.8 Å². The summed E-state index contributed by atoms with van der Waals surface area (Å²) >= 11 is 5.93. The Labute approximate surface area is 104 Å². The molecule has 4 nitrogen and oxygen atoms in total. The van der Waals surface area contributed by atoms with E-state index in [2.05, 4.69) is 10.6 Å². The van der Waals surface area contributed by atoms with Crippen molar-refractivity contribution in [3.63, 3.8) is 0 Å². The molecule has 1 aliphatic carbocycles. The molecule has 2 amide bonds. The Kier molecular flexibility index (Phi) is 3.64. The van der Waals surface area contributed by atoms with Crippen molar-refractivity contribution in [2.24, 2.45) is 0 Å². The maximum absolute atomic E-state index is 11.4. The predicted molar refractivity (Wildman–Crippen MR) is 64.5 cm³/mol. The van der Waals surface area contributed by atoms with Crippen molar-refractivity contribution >= 4 is 23.4 Å². The molecule has 1 saturated carbocycles. The molecule has 1 aliphatic rings. The summed E-state index contributed by atoms with van der Waals surface area (Å²) < 4.78 is 0. The Balaban J connectivity index is 1.83. The number of hydrogen-bond donors (Lipinski definition) is 2. The SMILES string of the molecule is O=C(NCc1ccccc1Cl)C(=O)NC1CC1. The van der Waals surface area contributed by atoms with E-state index in [-0.39, 0.29) is 12.6 Å². The van der Waals surface area contributed by atoms with E-state index in [0.717, 1.165) is 18.4 Å². The van der Waals surface area contributed by atoms with Crippen molar-refractivity contribution in [2.75, 3.05) is 0 Å². The molecular weight excluding hydrogens is 240 g/mol. The van der Waals surface area contributed by atoms with E-state index in [0.29, 0.717) is 5.02 Å². The number of benzene rings is 1. The van der Waals surface area contributed by atoms with E-state index in [1.165, 1.54) is 0 Å². The molecule has 0 atom stereocenters. The fraction of sp³-hybridized carbons (Fsp3) is 0.333. The smallest absolute Gasteiger partial charge is 0.309 e. The first-order valence-electron chi connectivity index (χ1n) is 5.49. The molecule has 0 bridgehead atoms. The van der Waals surface area contributed by atoms with Crippen molar-refractivity contribution in [1.82, 2.24) is 10.6 Å². The maximum atomic E-state index is 11.4. The van der Waals surface area contributed by atoms with Gasteiger partial charge in [0, 0.05) is 17.6 Å². The molecule has 17 heavy (non-hydrogen) atoms. The minimum Gasteiger partial charge on any atom is -0.345 e. The molecule has 1 aromatic rings. The van der Waals surface area contributed by atoms with Crippen LogP contribution in [0.25, 0.3) is 0 Å². The van der Waals surface area contributed by atoms with Crippen LogP contribution in [-0.4, -0.2) is 17.9 Å². The monoisotopic (exact) mass is 252 g/mol. The molecule has 0 aromatic heterocycles. The Morgan fingerprint density at radius 2 is 1.94 bits per heavy atom. The molecule has 0 saturated heterocycles. The second-order valence-corrected chi connectivity index (χ2v) is 4.43. The average Bonchev–Trinajstić information content (AvgIpc) is 3.11. The number of hydrogen-bond acceptors (Lipinski definition) is 2. The highest BCUT2D eigenvalue weighted by Crippen LogP contribution is 2.18. The van der Waals surface area contributed by atoms with Gasteiger partial charge in [-0.25, -0.2) is 0 Å². The predicted octanol–water partition coefficient (Wildman–Crippen LogP) is 1.23. The van der Waals surface area contributed by atoms with Crippen LogP contribution in [0.4, 0.5) is 0 Å². The van der Waals surface area contributed by atoms with Gasteiger partial charge < -0.3 is 10.6 Å².